The Balaban J connectivity index is 2.00. The summed E-state index contributed by atoms with van der Waals surface area (Å²) in [6, 6.07) is 12.6. The summed E-state index contributed by atoms with van der Waals surface area (Å²) < 4.78 is 10.9. The summed E-state index contributed by atoms with van der Waals surface area (Å²) in [5.74, 6) is 1.67. The Kier molecular flexibility index (Phi) is 3.28. The Labute approximate surface area is 140 Å². The van der Waals surface area contributed by atoms with Gasteiger partial charge in [0.25, 0.3) is 0 Å². The second-order valence-electron chi connectivity index (χ2n) is 5.81. The van der Waals surface area contributed by atoms with Crippen molar-refractivity contribution < 1.29 is 9.47 Å². The summed E-state index contributed by atoms with van der Waals surface area (Å²) in [7, 11) is 3.31. The SMILES string of the molecule is COc1cc2c(cc1OC)[C@H]1c3ccccc3[C@H]2[C@@H](Cl)[C@@H]1Cl. The van der Waals surface area contributed by atoms with Gasteiger partial charge in [0.15, 0.2) is 11.5 Å². The van der Waals surface area contributed by atoms with Gasteiger partial charge in [0.2, 0.25) is 0 Å². The van der Waals surface area contributed by atoms with Crippen molar-refractivity contribution in [3.63, 3.8) is 0 Å². The van der Waals surface area contributed by atoms with Crippen LogP contribution in [0.1, 0.15) is 34.1 Å². The van der Waals surface area contributed by atoms with Crippen LogP contribution in [-0.4, -0.2) is 25.0 Å². The molecule has 0 amide bonds. The molecule has 0 radical (unpaired) electrons. The molecule has 0 aromatic heterocycles. The number of ether oxygens (including phenoxy) is 2. The van der Waals surface area contributed by atoms with Crippen molar-refractivity contribution in [2.45, 2.75) is 22.6 Å². The molecule has 0 unspecified atom stereocenters. The van der Waals surface area contributed by atoms with E-state index in [2.05, 4.69) is 36.4 Å². The maximum Gasteiger partial charge on any atom is 0.161 e. The number of alkyl halides is 2. The molecule has 3 aliphatic rings. The highest BCUT2D eigenvalue weighted by molar-refractivity contribution is 6.31. The normalized spacial score (nSPS) is 28.0. The number of methoxy groups -OCH3 is 2. The Morgan fingerprint density at radius 1 is 0.727 bits per heavy atom. The summed E-state index contributed by atoms with van der Waals surface area (Å²) in [5, 5.41) is -0.237. The molecule has 0 fully saturated rings. The van der Waals surface area contributed by atoms with Gasteiger partial charge in [-0.3, -0.25) is 0 Å². The summed E-state index contributed by atoms with van der Waals surface area (Å²) >= 11 is 13.4. The van der Waals surface area contributed by atoms with Gasteiger partial charge in [-0.25, -0.2) is 0 Å². The third-order valence-corrected chi connectivity index (χ3v) is 6.04. The predicted octanol–water partition coefficient (Wildman–Crippen LogP) is 4.51. The third kappa shape index (κ3) is 1.74. The first-order valence-corrected chi connectivity index (χ1v) is 8.17. The van der Waals surface area contributed by atoms with Gasteiger partial charge in [-0.15, -0.1) is 23.2 Å². The quantitative estimate of drug-likeness (QED) is 0.752. The van der Waals surface area contributed by atoms with Gasteiger partial charge in [-0.2, -0.15) is 0 Å². The average Bonchev–Trinajstić information content (AvgIpc) is 2.56. The van der Waals surface area contributed by atoms with E-state index >= 15 is 0 Å². The van der Waals surface area contributed by atoms with Crippen LogP contribution in [0, 0.1) is 0 Å². The zero-order chi connectivity index (χ0) is 15.4. The van der Waals surface area contributed by atoms with Crippen molar-refractivity contribution in [3.05, 3.63) is 58.7 Å². The van der Waals surface area contributed by atoms with Gasteiger partial charge in [-0.1, -0.05) is 24.3 Å². The van der Waals surface area contributed by atoms with E-state index in [-0.39, 0.29) is 22.6 Å². The fraction of sp³-hybridized carbons (Fsp3) is 0.333. The minimum atomic E-state index is -0.118. The summed E-state index contributed by atoms with van der Waals surface area (Å²) in [4.78, 5) is 0. The van der Waals surface area contributed by atoms with E-state index in [1.54, 1.807) is 14.2 Å². The largest absolute Gasteiger partial charge is 0.493 e. The standard InChI is InChI=1S/C18H16Cl2O2/c1-21-13-7-11-12(8-14(13)22-2)16-10-6-4-3-5-9(10)15(11)17(19)18(16)20/h3-8,15-18H,1-2H3/t15-,16-,17-,18-/m1/s1. The molecule has 0 aliphatic heterocycles. The molecule has 0 saturated heterocycles. The smallest absolute Gasteiger partial charge is 0.161 e. The maximum absolute atomic E-state index is 6.68. The molecule has 4 heteroatoms. The van der Waals surface area contributed by atoms with E-state index < -0.39 is 0 Å². The minimum Gasteiger partial charge on any atom is -0.493 e. The minimum absolute atomic E-state index is 0.0974. The molecule has 0 saturated carbocycles. The molecule has 0 heterocycles. The summed E-state index contributed by atoms with van der Waals surface area (Å²) in [6.45, 7) is 0. The van der Waals surface area contributed by atoms with Crippen LogP contribution in [0.25, 0.3) is 0 Å². The zero-order valence-electron chi connectivity index (χ0n) is 12.3. The predicted molar refractivity (Wildman–Crippen MR) is 89.0 cm³/mol. The molecule has 2 aromatic rings. The van der Waals surface area contributed by atoms with Gasteiger partial charge < -0.3 is 9.47 Å². The van der Waals surface area contributed by atoms with E-state index in [0.29, 0.717) is 0 Å². The highest BCUT2D eigenvalue weighted by Crippen LogP contribution is 2.57. The number of halogens is 2. The highest BCUT2D eigenvalue weighted by atomic mass is 35.5. The van der Waals surface area contributed by atoms with Gasteiger partial charge in [0.05, 0.1) is 25.0 Å². The molecular weight excluding hydrogens is 319 g/mol. The van der Waals surface area contributed by atoms with Crippen LogP contribution in [0.4, 0.5) is 0 Å². The van der Waals surface area contributed by atoms with Crippen molar-refractivity contribution in [3.8, 4) is 11.5 Å². The van der Waals surface area contributed by atoms with E-state index in [4.69, 9.17) is 32.7 Å². The van der Waals surface area contributed by atoms with Crippen LogP contribution in [0.3, 0.4) is 0 Å². The molecule has 0 N–H and O–H groups in total. The van der Waals surface area contributed by atoms with Crippen molar-refractivity contribution in [2.75, 3.05) is 14.2 Å². The van der Waals surface area contributed by atoms with Crippen molar-refractivity contribution in [1.29, 1.82) is 0 Å². The molecule has 0 spiro atoms. The van der Waals surface area contributed by atoms with Crippen LogP contribution in [-0.2, 0) is 0 Å². The highest BCUT2D eigenvalue weighted by Gasteiger charge is 2.48. The summed E-state index contributed by atoms with van der Waals surface area (Å²) in [6.07, 6.45) is 0. The van der Waals surface area contributed by atoms with E-state index in [1.165, 1.54) is 22.3 Å². The Hall–Kier alpha value is -1.38. The molecule has 2 nitrogen and oxygen atoms in total. The lowest BCUT2D eigenvalue weighted by Crippen LogP contribution is -2.41. The lowest BCUT2D eigenvalue weighted by molar-refractivity contribution is 0.352. The van der Waals surface area contributed by atoms with Gasteiger partial charge in [0.1, 0.15) is 0 Å². The molecule has 4 atom stereocenters. The number of hydrogen-bond acceptors (Lipinski definition) is 2. The van der Waals surface area contributed by atoms with Crippen molar-refractivity contribution in [2.24, 2.45) is 0 Å². The van der Waals surface area contributed by atoms with Crippen molar-refractivity contribution >= 4 is 23.2 Å². The Morgan fingerprint density at radius 3 is 1.50 bits per heavy atom. The lowest BCUT2D eigenvalue weighted by Gasteiger charge is -2.46. The third-order valence-electron chi connectivity index (χ3n) is 4.87. The van der Waals surface area contributed by atoms with Crippen molar-refractivity contribution in [1.82, 2.24) is 0 Å². The lowest BCUT2D eigenvalue weighted by atomic mass is 9.63. The average molecular weight is 335 g/mol. The fourth-order valence-corrected chi connectivity index (χ4v) is 4.75. The van der Waals surface area contributed by atoms with Gasteiger partial charge in [-0.05, 0) is 34.4 Å². The maximum atomic E-state index is 6.68. The Bertz CT molecular complexity index is 682. The summed E-state index contributed by atoms with van der Waals surface area (Å²) in [5.41, 5.74) is 4.98. The molecule has 2 bridgehead atoms. The molecular formula is C18H16Cl2O2. The fourth-order valence-electron chi connectivity index (χ4n) is 3.92. The first-order chi connectivity index (χ1) is 10.7. The monoisotopic (exact) mass is 334 g/mol. The number of benzene rings is 2. The van der Waals surface area contributed by atoms with E-state index in [9.17, 15) is 0 Å². The second kappa shape index (κ2) is 5.07. The first kappa shape index (κ1) is 14.2. The van der Waals surface area contributed by atoms with E-state index in [1.807, 2.05) is 0 Å². The first-order valence-electron chi connectivity index (χ1n) is 7.30. The van der Waals surface area contributed by atoms with Crippen LogP contribution in [0.5, 0.6) is 11.5 Å². The topological polar surface area (TPSA) is 18.5 Å². The van der Waals surface area contributed by atoms with Crippen LogP contribution >= 0.6 is 23.2 Å². The van der Waals surface area contributed by atoms with Gasteiger partial charge >= 0.3 is 0 Å². The number of fused-ring (bicyclic) bond motifs is 1. The van der Waals surface area contributed by atoms with E-state index in [0.717, 1.165) is 11.5 Å². The number of hydrogen-bond donors (Lipinski definition) is 0. The van der Waals surface area contributed by atoms with Crippen LogP contribution in [0.2, 0.25) is 0 Å². The second-order valence-corrected chi connectivity index (χ2v) is 6.82. The van der Waals surface area contributed by atoms with Gasteiger partial charge in [0, 0.05) is 11.8 Å². The molecule has 3 aliphatic carbocycles. The zero-order valence-corrected chi connectivity index (χ0v) is 13.9. The molecule has 5 rings (SSSR count). The molecule has 114 valence electrons. The molecule has 2 aromatic carbocycles. The number of rotatable bonds is 2. The van der Waals surface area contributed by atoms with Crippen LogP contribution in [0.15, 0.2) is 36.4 Å². The molecule has 22 heavy (non-hydrogen) atoms. The Morgan fingerprint density at radius 2 is 1.14 bits per heavy atom. The van der Waals surface area contributed by atoms with Crippen LogP contribution < -0.4 is 9.47 Å².